The molecule has 0 amide bonds. The number of halogens is 1. The van der Waals surface area contributed by atoms with Crippen molar-refractivity contribution >= 4 is 24.9 Å². The third-order valence-electron chi connectivity index (χ3n) is 6.99. The molecule has 0 fully saturated rings. The molecule has 0 heterocycles. The molecule has 0 aromatic heterocycles. The van der Waals surface area contributed by atoms with Crippen LogP contribution in [0.15, 0.2) is 34.0 Å². The maximum Gasteiger partial charge on any atom is 0.137 e. The standard InChI is InChI=1S/C24H37ClOSi/c1-11-27(12-2,23-17(5)15(3)16(4)18(23)6)21-14-19(24(7,8)9)13-20(25)22(21)26-10/h13-14,17H,11-12H2,1-10H3. The highest BCUT2D eigenvalue weighted by molar-refractivity contribution is 6.98. The minimum atomic E-state index is -1.97. The SMILES string of the molecule is CC[Si](CC)(C1=C(C)C(C)=C(C)C1C)c1cc(C(C)(C)C)cc(Cl)c1OC. The number of rotatable bonds is 5. The molecule has 0 spiro atoms. The van der Waals surface area contributed by atoms with Crippen molar-refractivity contribution in [2.45, 2.75) is 79.8 Å². The smallest absolute Gasteiger partial charge is 0.137 e. The second-order valence-corrected chi connectivity index (χ2v) is 14.2. The highest BCUT2D eigenvalue weighted by Crippen LogP contribution is 2.45. The second kappa shape index (κ2) is 7.79. The van der Waals surface area contributed by atoms with Gasteiger partial charge in [0.1, 0.15) is 13.8 Å². The summed E-state index contributed by atoms with van der Waals surface area (Å²) in [7, 11) is -0.211. The number of methoxy groups -OCH3 is 1. The molecule has 1 atom stereocenters. The van der Waals surface area contributed by atoms with Crippen LogP contribution < -0.4 is 9.92 Å². The van der Waals surface area contributed by atoms with E-state index in [2.05, 4.69) is 74.4 Å². The van der Waals surface area contributed by atoms with Crippen LogP contribution >= 0.6 is 11.6 Å². The van der Waals surface area contributed by atoms with E-state index in [0.717, 1.165) is 10.8 Å². The molecule has 1 aromatic rings. The van der Waals surface area contributed by atoms with E-state index in [1.54, 1.807) is 12.3 Å². The van der Waals surface area contributed by atoms with Gasteiger partial charge >= 0.3 is 0 Å². The molecule has 3 heteroatoms. The fourth-order valence-electron chi connectivity index (χ4n) is 4.88. The van der Waals surface area contributed by atoms with Gasteiger partial charge in [0.25, 0.3) is 0 Å². The van der Waals surface area contributed by atoms with Crippen LogP contribution in [0.1, 0.15) is 67.9 Å². The predicted octanol–water partition coefficient (Wildman–Crippen LogP) is 7.18. The Morgan fingerprint density at radius 3 is 1.96 bits per heavy atom. The molecule has 150 valence electrons. The number of benzene rings is 1. The van der Waals surface area contributed by atoms with Gasteiger partial charge < -0.3 is 4.74 Å². The molecule has 1 nitrogen and oxygen atoms in total. The fraction of sp³-hybridized carbons (Fsp3) is 0.583. The van der Waals surface area contributed by atoms with Crippen molar-refractivity contribution < 1.29 is 4.74 Å². The minimum absolute atomic E-state index is 0.0566. The van der Waals surface area contributed by atoms with E-state index in [4.69, 9.17) is 16.3 Å². The Hall–Kier alpha value is -0.993. The summed E-state index contributed by atoms with van der Waals surface area (Å²) in [6, 6.07) is 6.85. The van der Waals surface area contributed by atoms with Crippen molar-refractivity contribution in [1.82, 2.24) is 0 Å². The molecule has 1 unspecified atom stereocenters. The Balaban J connectivity index is 2.88. The van der Waals surface area contributed by atoms with Crippen LogP contribution in [0.2, 0.25) is 17.1 Å². The summed E-state index contributed by atoms with van der Waals surface area (Å²) in [4.78, 5) is 0. The average Bonchev–Trinajstić information content (AvgIpc) is 2.80. The third kappa shape index (κ3) is 3.56. The van der Waals surface area contributed by atoms with Gasteiger partial charge in [-0.3, -0.25) is 0 Å². The van der Waals surface area contributed by atoms with Crippen molar-refractivity contribution in [3.8, 4) is 5.75 Å². The van der Waals surface area contributed by atoms with Gasteiger partial charge in [0, 0.05) is 0 Å². The molecule has 1 aromatic carbocycles. The number of ether oxygens (including phenoxy) is 1. The number of hydrogen-bond acceptors (Lipinski definition) is 1. The molecule has 0 saturated carbocycles. The van der Waals surface area contributed by atoms with Crippen LogP contribution in [0.3, 0.4) is 0 Å². The van der Waals surface area contributed by atoms with Gasteiger partial charge in [0.15, 0.2) is 0 Å². The van der Waals surface area contributed by atoms with Gasteiger partial charge in [-0.05, 0) is 54.5 Å². The second-order valence-electron chi connectivity index (χ2n) is 9.15. The zero-order chi connectivity index (χ0) is 20.7. The Kier molecular flexibility index (Phi) is 6.44. The Morgan fingerprint density at radius 1 is 1.04 bits per heavy atom. The summed E-state index contributed by atoms with van der Waals surface area (Å²) in [5.74, 6) is 1.41. The highest BCUT2D eigenvalue weighted by atomic mass is 35.5. The summed E-state index contributed by atoms with van der Waals surface area (Å²) in [5.41, 5.74) is 5.87. The summed E-state index contributed by atoms with van der Waals surface area (Å²) < 4.78 is 5.90. The topological polar surface area (TPSA) is 9.23 Å². The lowest BCUT2D eigenvalue weighted by molar-refractivity contribution is 0.417. The van der Waals surface area contributed by atoms with Gasteiger partial charge in [-0.15, -0.1) is 0 Å². The zero-order valence-corrected chi connectivity index (χ0v) is 20.7. The monoisotopic (exact) mass is 404 g/mol. The normalized spacial score (nSPS) is 18.6. The van der Waals surface area contributed by atoms with Crippen molar-refractivity contribution in [3.63, 3.8) is 0 Å². The molecule has 0 radical (unpaired) electrons. The molecule has 0 aliphatic heterocycles. The van der Waals surface area contributed by atoms with Crippen LogP contribution in [0, 0.1) is 5.92 Å². The first-order valence-corrected chi connectivity index (χ1v) is 13.0. The van der Waals surface area contributed by atoms with Crippen molar-refractivity contribution in [2.75, 3.05) is 7.11 Å². The maximum absolute atomic E-state index is 6.77. The maximum atomic E-state index is 6.77. The lowest BCUT2D eigenvalue weighted by atomic mass is 9.87. The van der Waals surface area contributed by atoms with Gasteiger partial charge in [-0.1, -0.05) is 87.6 Å². The molecule has 0 saturated heterocycles. The first kappa shape index (κ1) is 22.3. The van der Waals surface area contributed by atoms with Crippen LogP contribution in [-0.4, -0.2) is 15.2 Å². The molecule has 1 aliphatic carbocycles. The Bertz CT molecular complexity index is 791. The predicted molar refractivity (Wildman–Crippen MR) is 123 cm³/mol. The van der Waals surface area contributed by atoms with Gasteiger partial charge in [-0.25, -0.2) is 0 Å². The van der Waals surface area contributed by atoms with Crippen LogP contribution in [0.5, 0.6) is 5.75 Å². The van der Waals surface area contributed by atoms with E-state index in [0.29, 0.717) is 5.92 Å². The summed E-state index contributed by atoms with van der Waals surface area (Å²) >= 11 is 6.77. The molecule has 0 N–H and O–H groups in total. The molecule has 27 heavy (non-hydrogen) atoms. The van der Waals surface area contributed by atoms with Gasteiger partial charge in [0.05, 0.1) is 12.1 Å². The van der Waals surface area contributed by atoms with Gasteiger partial charge in [0.2, 0.25) is 0 Å². The molecular weight excluding hydrogens is 368 g/mol. The Morgan fingerprint density at radius 2 is 1.59 bits per heavy atom. The summed E-state index contributed by atoms with van der Waals surface area (Å²) in [6.07, 6.45) is 0. The molecule has 1 aliphatic rings. The van der Waals surface area contributed by atoms with E-state index in [-0.39, 0.29) is 5.41 Å². The zero-order valence-electron chi connectivity index (χ0n) is 18.9. The molecular formula is C24H37ClOSi. The minimum Gasteiger partial charge on any atom is -0.495 e. The van der Waals surface area contributed by atoms with E-state index < -0.39 is 8.07 Å². The largest absolute Gasteiger partial charge is 0.495 e. The number of hydrogen-bond donors (Lipinski definition) is 0. The highest BCUT2D eigenvalue weighted by Gasteiger charge is 2.44. The lowest BCUT2D eigenvalue weighted by Crippen LogP contribution is -2.51. The van der Waals surface area contributed by atoms with E-state index in [9.17, 15) is 0 Å². The van der Waals surface area contributed by atoms with Crippen molar-refractivity contribution in [1.29, 1.82) is 0 Å². The molecule has 2 rings (SSSR count). The van der Waals surface area contributed by atoms with Crippen LogP contribution in [-0.2, 0) is 5.41 Å². The summed E-state index contributed by atoms with van der Waals surface area (Å²) in [5, 5.41) is 3.82. The fourth-order valence-corrected chi connectivity index (χ4v) is 10.6. The number of allylic oxidation sites excluding steroid dienone is 4. The first-order valence-electron chi connectivity index (χ1n) is 10.2. The van der Waals surface area contributed by atoms with Gasteiger partial charge in [-0.2, -0.15) is 0 Å². The third-order valence-corrected chi connectivity index (χ3v) is 12.9. The van der Waals surface area contributed by atoms with Crippen LogP contribution in [0.4, 0.5) is 0 Å². The van der Waals surface area contributed by atoms with Crippen molar-refractivity contribution in [2.24, 2.45) is 5.92 Å². The average molecular weight is 405 g/mol. The van der Waals surface area contributed by atoms with E-state index >= 15 is 0 Å². The van der Waals surface area contributed by atoms with E-state index in [1.165, 1.54) is 39.6 Å². The van der Waals surface area contributed by atoms with E-state index in [1.807, 2.05) is 0 Å². The Labute approximate surface area is 172 Å². The summed E-state index contributed by atoms with van der Waals surface area (Å²) in [6.45, 7) is 20.8. The lowest BCUT2D eigenvalue weighted by Gasteiger charge is -2.38. The molecule has 0 bridgehead atoms. The van der Waals surface area contributed by atoms with Crippen LogP contribution in [0.25, 0.3) is 0 Å². The van der Waals surface area contributed by atoms with Crippen molar-refractivity contribution in [3.05, 3.63) is 44.6 Å². The quantitative estimate of drug-likeness (QED) is 0.472. The first-order chi connectivity index (χ1) is 12.5.